The van der Waals surface area contributed by atoms with Gasteiger partial charge in [0.25, 0.3) is 0 Å². The van der Waals surface area contributed by atoms with Crippen molar-refractivity contribution in [3.63, 3.8) is 0 Å². The van der Waals surface area contributed by atoms with E-state index in [1.807, 2.05) is 60.7 Å². The zero-order valence-electron chi connectivity index (χ0n) is 25.1. The zero-order chi connectivity index (χ0) is 30.3. The fourth-order valence-electron chi connectivity index (χ4n) is 4.47. The molecule has 0 aliphatic rings. The second-order valence-electron chi connectivity index (χ2n) is 10.7. The summed E-state index contributed by atoms with van der Waals surface area (Å²) in [6.45, 7) is 1.66. The van der Waals surface area contributed by atoms with Crippen LogP contribution in [0.25, 0.3) is 0 Å². The van der Waals surface area contributed by atoms with Crippen LogP contribution in [0.15, 0.2) is 60.7 Å². The van der Waals surface area contributed by atoms with Crippen LogP contribution in [0.3, 0.4) is 0 Å². The Morgan fingerprint density at radius 2 is 1.21 bits per heavy atom. The summed E-state index contributed by atoms with van der Waals surface area (Å²) < 4.78 is 15.7. The molecular weight excluding hydrogens is 534 g/mol. The summed E-state index contributed by atoms with van der Waals surface area (Å²) in [7, 11) is 0. The summed E-state index contributed by atoms with van der Waals surface area (Å²) >= 11 is 0. The summed E-state index contributed by atoms with van der Waals surface area (Å²) in [5, 5.41) is 12.8. The molecule has 2 N–H and O–H groups in total. The molecule has 0 saturated carbocycles. The highest BCUT2D eigenvalue weighted by Crippen LogP contribution is 2.12. The molecule has 2 rings (SSSR count). The number of rotatable bonds is 22. The van der Waals surface area contributed by atoms with Gasteiger partial charge in [-0.25, -0.2) is 9.59 Å². The van der Waals surface area contributed by atoms with E-state index in [4.69, 9.17) is 14.2 Å². The number of carbonyl (C=O) groups is 3. The maximum atomic E-state index is 12.8. The van der Waals surface area contributed by atoms with Crippen molar-refractivity contribution in [3.8, 4) is 0 Å². The highest BCUT2D eigenvalue weighted by molar-refractivity contribution is 5.81. The number of alkyl carbamates (subject to hydrolysis) is 1. The van der Waals surface area contributed by atoms with Crippen molar-refractivity contribution in [3.05, 3.63) is 71.8 Å². The van der Waals surface area contributed by atoms with Crippen LogP contribution in [0.4, 0.5) is 4.79 Å². The van der Waals surface area contributed by atoms with Crippen molar-refractivity contribution < 1.29 is 33.7 Å². The fraction of sp³-hybridized carbons (Fsp3) is 0.559. The Balaban J connectivity index is 1.64. The second-order valence-corrected chi connectivity index (χ2v) is 10.7. The first-order chi connectivity index (χ1) is 20.5. The molecule has 0 radical (unpaired) electrons. The number of benzene rings is 2. The molecule has 0 aromatic heterocycles. The lowest BCUT2D eigenvalue weighted by atomic mass is 10.1. The monoisotopic (exact) mass is 583 g/mol. The molecule has 0 heterocycles. The van der Waals surface area contributed by atoms with Gasteiger partial charge in [-0.05, 0) is 17.5 Å². The Labute approximate surface area is 251 Å². The maximum Gasteiger partial charge on any atom is 0.408 e. The number of carbonyl (C=O) groups excluding carboxylic acids is 3. The Hall–Kier alpha value is -3.39. The largest absolute Gasteiger partial charge is 0.463 e. The van der Waals surface area contributed by atoms with Gasteiger partial charge in [0.2, 0.25) is 0 Å². The van der Waals surface area contributed by atoms with Crippen molar-refractivity contribution in [2.75, 3.05) is 13.2 Å². The molecule has 1 unspecified atom stereocenters. The molecule has 232 valence electrons. The minimum atomic E-state index is -1.17. The van der Waals surface area contributed by atoms with Crippen LogP contribution in [0.2, 0.25) is 0 Å². The molecule has 0 aliphatic carbocycles. The summed E-state index contributed by atoms with van der Waals surface area (Å²) in [5.41, 5.74) is 1.63. The smallest absolute Gasteiger partial charge is 0.408 e. The summed E-state index contributed by atoms with van der Waals surface area (Å²) in [4.78, 5) is 37.3. The van der Waals surface area contributed by atoms with Crippen LogP contribution in [0.5, 0.6) is 0 Å². The molecule has 0 aliphatic heterocycles. The summed E-state index contributed by atoms with van der Waals surface area (Å²) in [6, 6.07) is 17.4. The Morgan fingerprint density at radius 3 is 1.81 bits per heavy atom. The Kier molecular flexibility index (Phi) is 18.4. The van der Waals surface area contributed by atoms with Gasteiger partial charge in [-0.1, -0.05) is 132 Å². The van der Waals surface area contributed by atoms with Crippen LogP contribution < -0.4 is 5.32 Å². The number of unbranched alkanes of at least 4 members (excludes halogenated alkanes) is 10. The minimum absolute atomic E-state index is 0.0586. The molecule has 8 nitrogen and oxygen atoms in total. The van der Waals surface area contributed by atoms with Crippen LogP contribution >= 0.6 is 0 Å². The van der Waals surface area contributed by atoms with Crippen molar-refractivity contribution in [1.29, 1.82) is 0 Å². The lowest BCUT2D eigenvalue weighted by molar-refractivity contribution is -0.153. The highest BCUT2D eigenvalue weighted by Gasteiger charge is 2.25. The third-order valence-electron chi connectivity index (χ3n) is 6.91. The topological polar surface area (TPSA) is 111 Å². The molecule has 0 spiro atoms. The van der Waals surface area contributed by atoms with E-state index < -0.39 is 24.2 Å². The maximum absolute atomic E-state index is 12.8. The van der Waals surface area contributed by atoms with Gasteiger partial charge in [-0.3, -0.25) is 4.79 Å². The fourth-order valence-corrected chi connectivity index (χ4v) is 4.47. The van der Waals surface area contributed by atoms with E-state index in [9.17, 15) is 19.5 Å². The Morgan fingerprint density at radius 1 is 0.690 bits per heavy atom. The van der Waals surface area contributed by atoms with E-state index in [0.29, 0.717) is 6.42 Å². The predicted molar refractivity (Wildman–Crippen MR) is 163 cm³/mol. The first-order valence-corrected chi connectivity index (χ1v) is 15.5. The number of esters is 2. The van der Waals surface area contributed by atoms with Gasteiger partial charge in [0.15, 0.2) is 0 Å². The number of hydrogen-bond acceptors (Lipinski definition) is 7. The lowest BCUT2D eigenvalue weighted by Gasteiger charge is -2.19. The van der Waals surface area contributed by atoms with Gasteiger partial charge in [-0.15, -0.1) is 0 Å². The van der Waals surface area contributed by atoms with E-state index in [1.54, 1.807) is 0 Å². The first-order valence-electron chi connectivity index (χ1n) is 15.5. The Bertz CT molecular complexity index is 999. The average molecular weight is 584 g/mol. The molecular formula is C34H49NO7. The van der Waals surface area contributed by atoms with Crippen LogP contribution in [-0.2, 0) is 36.8 Å². The number of ether oxygens (including phenoxy) is 3. The van der Waals surface area contributed by atoms with Crippen LogP contribution in [-0.4, -0.2) is 48.5 Å². The standard InChI is InChI=1S/C34H49NO7/c1-2-3-4-5-6-7-8-9-10-11-18-23-32(37)40-26-30(36)27-41-33(38)31(24-28-19-14-12-15-20-28)35-34(39)42-25-29-21-16-13-17-22-29/h12-17,19-22,30-31,36H,2-11,18,23-27H2,1H3,(H,35,39)/t30?,31-/m0/s1. The number of amides is 1. The van der Waals surface area contributed by atoms with E-state index in [-0.39, 0.29) is 32.2 Å². The van der Waals surface area contributed by atoms with E-state index in [1.165, 1.54) is 51.4 Å². The van der Waals surface area contributed by atoms with Crippen molar-refractivity contribution in [2.45, 2.75) is 109 Å². The molecule has 0 bridgehead atoms. The van der Waals surface area contributed by atoms with Crippen LogP contribution in [0, 0.1) is 0 Å². The molecule has 42 heavy (non-hydrogen) atoms. The quantitative estimate of drug-likeness (QED) is 0.0904. The summed E-state index contributed by atoms with van der Waals surface area (Å²) in [5.74, 6) is -1.09. The predicted octanol–water partition coefficient (Wildman–Crippen LogP) is 6.67. The average Bonchev–Trinajstić information content (AvgIpc) is 3.01. The van der Waals surface area contributed by atoms with Crippen molar-refractivity contribution in [1.82, 2.24) is 5.32 Å². The molecule has 2 atom stereocenters. The molecule has 2 aromatic rings. The molecule has 1 amide bonds. The van der Waals surface area contributed by atoms with E-state index in [0.717, 1.165) is 30.4 Å². The lowest BCUT2D eigenvalue weighted by Crippen LogP contribution is -2.44. The van der Waals surface area contributed by atoms with Gasteiger partial charge in [-0.2, -0.15) is 0 Å². The zero-order valence-corrected chi connectivity index (χ0v) is 25.1. The van der Waals surface area contributed by atoms with Crippen molar-refractivity contribution >= 4 is 18.0 Å². The SMILES string of the molecule is CCCCCCCCCCCCCC(=O)OCC(O)COC(=O)[C@H](Cc1ccccc1)NC(=O)OCc1ccccc1. The van der Waals surface area contributed by atoms with Gasteiger partial charge in [0.05, 0.1) is 0 Å². The van der Waals surface area contributed by atoms with Gasteiger partial charge in [0.1, 0.15) is 32.0 Å². The number of aliphatic hydroxyl groups is 1. The van der Waals surface area contributed by atoms with E-state index >= 15 is 0 Å². The first kappa shape index (κ1) is 34.8. The summed E-state index contributed by atoms with van der Waals surface area (Å²) in [6.07, 6.45) is 11.7. The number of nitrogens with one attached hydrogen (secondary N) is 1. The van der Waals surface area contributed by atoms with E-state index in [2.05, 4.69) is 12.2 Å². The molecule has 8 heteroatoms. The van der Waals surface area contributed by atoms with Crippen molar-refractivity contribution in [2.24, 2.45) is 0 Å². The number of aliphatic hydroxyl groups excluding tert-OH is 1. The highest BCUT2D eigenvalue weighted by atomic mass is 16.6. The van der Waals surface area contributed by atoms with Crippen LogP contribution in [0.1, 0.15) is 95.1 Å². The number of hydrogen-bond donors (Lipinski definition) is 2. The van der Waals surface area contributed by atoms with Gasteiger partial charge >= 0.3 is 18.0 Å². The molecule has 0 fully saturated rings. The second kappa shape index (κ2) is 22.2. The third kappa shape index (κ3) is 16.8. The molecule has 2 aromatic carbocycles. The van der Waals surface area contributed by atoms with Gasteiger partial charge in [0, 0.05) is 12.8 Å². The van der Waals surface area contributed by atoms with Gasteiger partial charge < -0.3 is 24.6 Å². The minimum Gasteiger partial charge on any atom is -0.463 e. The third-order valence-corrected chi connectivity index (χ3v) is 6.91. The normalized spacial score (nSPS) is 12.2. The molecule has 0 saturated heterocycles.